The second-order valence-corrected chi connectivity index (χ2v) is 4.49. The van der Waals surface area contributed by atoms with Gasteiger partial charge in [0.15, 0.2) is 0 Å². The Morgan fingerprint density at radius 1 is 1.41 bits per heavy atom. The summed E-state index contributed by atoms with van der Waals surface area (Å²) >= 11 is 0. The van der Waals surface area contributed by atoms with Crippen LogP contribution in [0.4, 0.5) is 0 Å². The zero-order chi connectivity index (χ0) is 12.1. The number of rotatable bonds is 3. The number of hydrogen-bond acceptors (Lipinski definition) is 2. The third-order valence-corrected chi connectivity index (χ3v) is 3.20. The molecule has 0 fully saturated rings. The van der Waals surface area contributed by atoms with E-state index in [-0.39, 0.29) is 17.9 Å². The number of nitrogens with zero attached hydrogens (tertiary/aromatic N) is 1. The van der Waals surface area contributed by atoms with Gasteiger partial charge >= 0.3 is 0 Å². The predicted molar refractivity (Wildman–Crippen MR) is 67.3 cm³/mol. The number of aromatic nitrogens is 1. The van der Waals surface area contributed by atoms with Gasteiger partial charge in [0.05, 0.1) is 6.04 Å². The summed E-state index contributed by atoms with van der Waals surface area (Å²) in [6.45, 7) is 2.01. The summed E-state index contributed by atoms with van der Waals surface area (Å²) in [5.74, 6) is 0.308. The van der Waals surface area contributed by atoms with Gasteiger partial charge in [-0.2, -0.15) is 0 Å². The first kappa shape index (κ1) is 11.8. The third kappa shape index (κ3) is 3.16. The first-order chi connectivity index (χ1) is 8.27. The molecule has 0 aromatic carbocycles. The Morgan fingerprint density at radius 3 is 2.82 bits per heavy atom. The largest absolute Gasteiger partial charge is 0.349 e. The van der Waals surface area contributed by atoms with Crippen molar-refractivity contribution in [2.75, 3.05) is 0 Å². The molecular weight excluding hydrogens is 212 g/mol. The molecule has 1 aliphatic carbocycles. The molecule has 1 N–H and O–H groups in total. The van der Waals surface area contributed by atoms with Crippen LogP contribution in [0.25, 0.3) is 0 Å². The molecule has 0 aliphatic heterocycles. The van der Waals surface area contributed by atoms with Gasteiger partial charge in [0.2, 0.25) is 5.91 Å². The first-order valence-corrected chi connectivity index (χ1v) is 6.12. The van der Waals surface area contributed by atoms with Crippen molar-refractivity contribution in [1.82, 2.24) is 10.3 Å². The molecule has 2 rings (SSSR count). The molecule has 0 saturated heterocycles. The molecule has 17 heavy (non-hydrogen) atoms. The number of pyridine rings is 1. The second kappa shape index (κ2) is 5.62. The van der Waals surface area contributed by atoms with E-state index in [0.717, 1.165) is 24.8 Å². The third-order valence-electron chi connectivity index (χ3n) is 3.20. The molecule has 0 bridgehead atoms. The van der Waals surface area contributed by atoms with E-state index >= 15 is 0 Å². The normalized spacial score (nSPS) is 20.9. The fourth-order valence-electron chi connectivity index (χ4n) is 2.10. The van der Waals surface area contributed by atoms with Crippen LogP contribution in [0, 0.1) is 5.92 Å². The molecule has 1 heterocycles. The standard InChI is InChI=1S/C14H18N2O/c1-11(12-7-9-15-10-8-12)16-14(17)13-5-3-2-4-6-13/h2-3,7-11,13H,4-6H2,1H3,(H,16,17). The van der Waals surface area contributed by atoms with Crippen molar-refractivity contribution in [3.8, 4) is 0 Å². The van der Waals surface area contributed by atoms with Crippen LogP contribution in [-0.2, 0) is 4.79 Å². The van der Waals surface area contributed by atoms with E-state index in [9.17, 15) is 4.79 Å². The number of nitrogens with one attached hydrogen (secondary N) is 1. The van der Waals surface area contributed by atoms with Crippen LogP contribution in [-0.4, -0.2) is 10.9 Å². The molecule has 1 aliphatic rings. The molecule has 1 aromatic heterocycles. The summed E-state index contributed by atoms with van der Waals surface area (Å²) < 4.78 is 0. The van der Waals surface area contributed by atoms with Crippen molar-refractivity contribution in [3.63, 3.8) is 0 Å². The van der Waals surface area contributed by atoms with Crippen LogP contribution in [0.15, 0.2) is 36.7 Å². The van der Waals surface area contributed by atoms with Crippen LogP contribution in [0.2, 0.25) is 0 Å². The topological polar surface area (TPSA) is 42.0 Å². The number of allylic oxidation sites excluding steroid dienone is 2. The SMILES string of the molecule is CC(NC(=O)C1CC=CCC1)c1ccncc1. The van der Waals surface area contributed by atoms with Crippen molar-refractivity contribution in [2.24, 2.45) is 5.92 Å². The quantitative estimate of drug-likeness (QED) is 0.811. The number of hydrogen-bond donors (Lipinski definition) is 1. The lowest BCUT2D eigenvalue weighted by Gasteiger charge is -2.21. The molecule has 3 heteroatoms. The Morgan fingerprint density at radius 2 is 2.18 bits per heavy atom. The molecule has 1 aromatic rings. The van der Waals surface area contributed by atoms with Gasteiger partial charge in [-0.1, -0.05) is 12.2 Å². The van der Waals surface area contributed by atoms with Crippen molar-refractivity contribution in [2.45, 2.75) is 32.2 Å². The Bertz CT molecular complexity index is 400. The lowest BCUT2D eigenvalue weighted by atomic mass is 9.93. The van der Waals surface area contributed by atoms with Crippen molar-refractivity contribution in [3.05, 3.63) is 42.2 Å². The number of carbonyl (C=O) groups is 1. The maximum Gasteiger partial charge on any atom is 0.223 e. The number of amides is 1. The molecule has 2 unspecified atom stereocenters. The van der Waals surface area contributed by atoms with E-state index in [1.807, 2.05) is 19.1 Å². The Labute approximate surface area is 102 Å². The highest BCUT2D eigenvalue weighted by Crippen LogP contribution is 2.20. The maximum atomic E-state index is 12.0. The van der Waals surface area contributed by atoms with Gasteiger partial charge < -0.3 is 5.32 Å². The minimum atomic E-state index is 0.0522. The van der Waals surface area contributed by atoms with Gasteiger partial charge in [-0.15, -0.1) is 0 Å². The van der Waals surface area contributed by atoms with Crippen LogP contribution in [0.1, 0.15) is 37.8 Å². The molecule has 0 spiro atoms. The summed E-state index contributed by atoms with van der Waals surface area (Å²) in [4.78, 5) is 16.0. The Balaban J connectivity index is 1.92. The predicted octanol–water partition coefficient (Wildman–Crippen LogP) is 2.62. The van der Waals surface area contributed by atoms with Crippen LogP contribution in [0.3, 0.4) is 0 Å². The summed E-state index contributed by atoms with van der Waals surface area (Å²) in [6, 6.07) is 3.92. The molecule has 2 atom stereocenters. The van der Waals surface area contributed by atoms with E-state index < -0.39 is 0 Å². The molecule has 1 amide bonds. The summed E-state index contributed by atoms with van der Waals surface area (Å²) in [5, 5.41) is 3.07. The first-order valence-electron chi connectivity index (χ1n) is 6.12. The smallest absolute Gasteiger partial charge is 0.223 e. The van der Waals surface area contributed by atoms with Crippen LogP contribution < -0.4 is 5.32 Å². The van der Waals surface area contributed by atoms with E-state index in [2.05, 4.69) is 22.5 Å². The van der Waals surface area contributed by atoms with Gasteiger partial charge in [-0.25, -0.2) is 0 Å². The van der Waals surface area contributed by atoms with Crippen molar-refractivity contribution in [1.29, 1.82) is 0 Å². The maximum absolute atomic E-state index is 12.0. The minimum Gasteiger partial charge on any atom is -0.349 e. The van der Waals surface area contributed by atoms with Gasteiger partial charge in [-0.3, -0.25) is 9.78 Å². The zero-order valence-electron chi connectivity index (χ0n) is 10.1. The minimum absolute atomic E-state index is 0.0522. The fraction of sp³-hybridized carbons (Fsp3) is 0.429. The summed E-state index contributed by atoms with van der Waals surface area (Å²) in [7, 11) is 0. The molecule has 0 saturated carbocycles. The van der Waals surface area contributed by atoms with E-state index in [4.69, 9.17) is 0 Å². The van der Waals surface area contributed by atoms with Crippen molar-refractivity contribution >= 4 is 5.91 Å². The lowest BCUT2D eigenvalue weighted by molar-refractivity contribution is -0.125. The molecule has 3 nitrogen and oxygen atoms in total. The van der Waals surface area contributed by atoms with Gasteiger partial charge in [-0.05, 0) is 43.9 Å². The highest BCUT2D eigenvalue weighted by atomic mass is 16.1. The van der Waals surface area contributed by atoms with E-state index in [0.29, 0.717) is 0 Å². The lowest BCUT2D eigenvalue weighted by Crippen LogP contribution is -2.33. The number of carbonyl (C=O) groups excluding carboxylic acids is 1. The van der Waals surface area contributed by atoms with Gasteiger partial charge in [0.1, 0.15) is 0 Å². The van der Waals surface area contributed by atoms with Crippen LogP contribution >= 0.6 is 0 Å². The van der Waals surface area contributed by atoms with Crippen LogP contribution in [0.5, 0.6) is 0 Å². The highest BCUT2D eigenvalue weighted by Gasteiger charge is 2.20. The summed E-state index contributed by atoms with van der Waals surface area (Å²) in [6.07, 6.45) is 10.6. The summed E-state index contributed by atoms with van der Waals surface area (Å²) in [5.41, 5.74) is 1.10. The average molecular weight is 230 g/mol. The van der Waals surface area contributed by atoms with E-state index in [1.165, 1.54) is 0 Å². The highest BCUT2D eigenvalue weighted by molar-refractivity contribution is 5.79. The monoisotopic (exact) mass is 230 g/mol. The van der Waals surface area contributed by atoms with Crippen molar-refractivity contribution < 1.29 is 4.79 Å². The molecule has 90 valence electrons. The second-order valence-electron chi connectivity index (χ2n) is 4.49. The van der Waals surface area contributed by atoms with E-state index in [1.54, 1.807) is 12.4 Å². The average Bonchev–Trinajstić information content (AvgIpc) is 2.40. The molecular formula is C14H18N2O. The zero-order valence-corrected chi connectivity index (χ0v) is 10.1. The van der Waals surface area contributed by atoms with Gasteiger partial charge in [0.25, 0.3) is 0 Å². The fourth-order valence-corrected chi connectivity index (χ4v) is 2.10. The van der Waals surface area contributed by atoms with Gasteiger partial charge in [0, 0.05) is 18.3 Å². The Hall–Kier alpha value is -1.64. The molecule has 0 radical (unpaired) electrons. The Kier molecular flexibility index (Phi) is 3.91.